The first-order chi connectivity index (χ1) is 4.88. The van der Waals surface area contributed by atoms with Crippen molar-refractivity contribution in [2.45, 2.75) is 0 Å². The number of hydrogen-bond donors (Lipinski definition) is 1. The van der Waals surface area contributed by atoms with Gasteiger partial charge in [-0.2, -0.15) is 5.10 Å². The molecule has 0 atom stereocenters. The summed E-state index contributed by atoms with van der Waals surface area (Å²) in [6, 6.07) is 1.38. The fourth-order valence-corrected chi connectivity index (χ4v) is 0.757. The molecule has 1 N–H and O–H groups in total. The minimum absolute atomic E-state index is 0.126. The Morgan fingerprint density at radius 1 is 1.60 bits per heavy atom. The Morgan fingerprint density at radius 3 is 3.30 bits per heavy atom. The maximum Gasteiger partial charge on any atom is 0.260 e. The van der Waals surface area contributed by atoms with Crippen LogP contribution in [0.25, 0.3) is 5.78 Å². The standard InChI is InChI=1S/C5H4N4O/c10-4-1-2-6-5-8-7-3-9(4)5/h1-3H,(H,6,8). The molecule has 0 aliphatic heterocycles. The second kappa shape index (κ2) is 1.66. The van der Waals surface area contributed by atoms with E-state index >= 15 is 0 Å². The summed E-state index contributed by atoms with van der Waals surface area (Å²) in [5.41, 5.74) is -0.126. The van der Waals surface area contributed by atoms with Crippen molar-refractivity contribution in [2.75, 3.05) is 0 Å². The van der Waals surface area contributed by atoms with Crippen LogP contribution >= 0.6 is 0 Å². The van der Waals surface area contributed by atoms with Gasteiger partial charge in [-0.25, -0.2) is 14.5 Å². The lowest BCUT2D eigenvalue weighted by Crippen LogP contribution is -2.09. The van der Waals surface area contributed by atoms with E-state index in [4.69, 9.17) is 0 Å². The lowest BCUT2D eigenvalue weighted by atomic mass is 10.6. The molecule has 0 radical (unpaired) electrons. The molecule has 0 saturated carbocycles. The first-order valence-corrected chi connectivity index (χ1v) is 2.75. The molecule has 0 unspecified atom stereocenters. The summed E-state index contributed by atoms with van der Waals surface area (Å²) in [6.45, 7) is 0. The van der Waals surface area contributed by atoms with Crippen molar-refractivity contribution in [3.8, 4) is 0 Å². The number of aromatic amines is 1. The maximum atomic E-state index is 10.9. The van der Waals surface area contributed by atoms with Gasteiger partial charge in [-0.15, -0.1) is 0 Å². The number of rotatable bonds is 0. The number of fused-ring (bicyclic) bond motifs is 1. The monoisotopic (exact) mass is 136 g/mol. The smallest absolute Gasteiger partial charge is 0.260 e. The molecule has 5 nitrogen and oxygen atoms in total. The maximum absolute atomic E-state index is 10.9. The van der Waals surface area contributed by atoms with Crippen molar-refractivity contribution in [3.05, 3.63) is 28.9 Å². The van der Waals surface area contributed by atoms with E-state index < -0.39 is 0 Å². The van der Waals surface area contributed by atoms with Crippen LogP contribution in [0.15, 0.2) is 23.4 Å². The molecule has 2 heterocycles. The van der Waals surface area contributed by atoms with Gasteiger partial charge < -0.3 is 0 Å². The fourth-order valence-electron chi connectivity index (χ4n) is 0.757. The highest BCUT2D eigenvalue weighted by atomic mass is 16.1. The van der Waals surface area contributed by atoms with Gasteiger partial charge in [0.05, 0.1) is 0 Å². The predicted octanol–water partition coefficient (Wildman–Crippen LogP) is -0.582. The Balaban J connectivity index is 3.09. The average molecular weight is 136 g/mol. The van der Waals surface area contributed by atoms with E-state index in [1.807, 2.05) is 0 Å². The first kappa shape index (κ1) is 5.16. The molecule has 0 aliphatic carbocycles. The molecular weight excluding hydrogens is 132 g/mol. The Hall–Kier alpha value is -1.65. The van der Waals surface area contributed by atoms with Crippen LogP contribution < -0.4 is 5.56 Å². The van der Waals surface area contributed by atoms with Crippen molar-refractivity contribution in [1.29, 1.82) is 0 Å². The zero-order valence-electron chi connectivity index (χ0n) is 4.98. The molecular formula is C5H4N4O. The fraction of sp³-hybridized carbons (Fsp3) is 0. The minimum Gasteiger partial charge on any atom is -0.269 e. The van der Waals surface area contributed by atoms with E-state index in [2.05, 4.69) is 15.2 Å². The third kappa shape index (κ3) is 0.540. The van der Waals surface area contributed by atoms with Gasteiger partial charge in [-0.3, -0.25) is 4.79 Å². The minimum atomic E-state index is -0.126. The number of H-pyrrole nitrogens is 1. The van der Waals surface area contributed by atoms with Gasteiger partial charge >= 0.3 is 0 Å². The number of nitrogens with zero attached hydrogens (tertiary/aromatic N) is 3. The predicted molar refractivity (Wildman–Crippen MR) is 33.6 cm³/mol. The summed E-state index contributed by atoms with van der Waals surface area (Å²) in [7, 11) is 0. The number of hydrogen-bond acceptors (Lipinski definition) is 3. The molecule has 0 saturated heterocycles. The van der Waals surface area contributed by atoms with Gasteiger partial charge in [0.15, 0.2) is 0 Å². The number of nitrogens with one attached hydrogen (secondary N) is 1. The molecule has 2 aromatic heterocycles. The lowest BCUT2D eigenvalue weighted by Gasteiger charge is -1.84. The first-order valence-electron chi connectivity index (χ1n) is 2.75. The van der Waals surface area contributed by atoms with Crippen LogP contribution in [0.5, 0.6) is 0 Å². The summed E-state index contributed by atoms with van der Waals surface area (Å²) in [4.78, 5) is 14.7. The molecule has 50 valence electrons. The van der Waals surface area contributed by atoms with E-state index in [9.17, 15) is 4.79 Å². The molecule has 0 aliphatic rings. The zero-order chi connectivity index (χ0) is 6.97. The van der Waals surface area contributed by atoms with Crippen molar-refractivity contribution >= 4 is 5.78 Å². The van der Waals surface area contributed by atoms with Gasteiger partial charge in [-0.1, -0.05) is 0 Å². The Kier molecular flexibility index (Phi) is 0.858. The SMILES string of the molecule is O=c1ccnc2[nH]ncn12. The van der Waals surface area contributed by atoms with Gasteiger partial charge in [0.2, 0.25) is 5.78 Å². The molecule has 0 fully saturated rings. The van der Waals surface area contributed by atoms with Gasteiger partial charge in [0.25, 0.3) is 5.56 Å². The molecule has 0 aromatic carbocycles. The second-order valence-electron chi connectivity index (χ2n) is 1.83. The zero-order valence-corrected chi connectivity index (χ0v) is 4.98. The largest absolute Gasteiger partial charge is 0.269 e. The molecule has 0 spiro atoms. The van der Waals surface area contributed by atoms with Crippen LogP contribution in [0.2, 0.25) is 0 Å². The summed E-state index contributed by atoms with van der Waals surface area (Å²) in [5.74, 6) is 0.465. The average Bonchev–Trinajstić information content (AvgIpc) is 2.36. The topological polar surface area (TPSA) is 63.0 Å². The summed E-state index contributed by atoms with van der Waals surface area (Å²) < 4.78 is 1.33. The molecule has 2 rings (SSSR count). The van der Waals surface area contributed by atoms with Gasteiger partial charge in [0.1, 0.15) is 6.33 Å². The van der Waals surface area contributed by atoms with E-state index in [1.165, 1.54) is 23.0 Å². The van der Waals surface area contributed by atoms with E-state index in [0.717, 1.165) is 0 Å². The highest BCUT2D eigenvalue weighted by molar-refractivity contribution is 5.22. The molecule has 2 aromatic rings. The third-order valence-corrected chi connectivity index (χ3v) is 1.22. The van der Waals surface area contributed by atoms with Gasteiger partial charge in [-0.05, 0) is 0 Å². The molecule has 5 heteroatoms. The summed E-state index contributed by atoms with van der Waals surface area (Å²) in [6.07, 6.45) is 2.83. The van der Waals surface area contributed by atoms with Crippen molar-refractivity contribution < 1.29 is 0 Å². The third-order valence-electron chi connectivity index (χ3n) is 1.22. The van der Waals surface area contributed by atoms with Crippen molar-refractivity contribution in [2.24, 2.45) is 0 Å². The van der Waals surface area contributed by atoms with Crippen molar-refractivity contribution in [1.82, 2.24) is 19.6 Å². The van der Waals surface area contributed by atoms with E-state index in [1.54, 1.807) is 0 Å². The van der Waals surface area contributed by atoms with Crippen LogP contribution in [0.3, 0.4) is 0 Å². The van der Waals surface area contributed by atoms with Gasteiger partial charge in [0, 0.05) is 12.3 Å². The lowest BCUT2D eigenvalue weighted by molar-refractivity contribution is 1.05. The molecule has 10 heavy (non-hydrogen) atoms. The van der Waals surface area contributed by atoms with Crippen molar-refractivity contribution in [3.63, 3.8) is 0 Å². The molecule has 0 bridgehead atoms. The quantitative estimate of drug-likeness (QED) is 0.526. The van der Waals surface area contributed by atoms with Crippen LogP contribution in [-0.2, 0) is 0 Å². The van der Waals surface area contributed by atoms with E-state index in [0.29, 0.717) is 5.78 Å². The highest BCUT2D eigenvalue weighted by Gasteiger charge is 1.93. The van der Waals surface area contributed by atoms with E-state index in [-0.39, 0.29) is 5.56 Å². The second-order valence-corrected chi connectivity index (χ2v) is 1.83. The Morgan fingerprint density at radius 2 is 2.50 bits per heavy atom. The van der Waals surface area contributed by atoms with Crippen LogP contribution in [0.4, 0.5) is 0 Å². The van der Waals surface area contributed by atoms with Crippen LogP contribution in [-0.4, -0.2) is 19.6 Å². The normalized spacial score (nSPS) is 10.4. The number of aromatic nitrogens is 4. The Bertz CT molecular complexity index is 401. The van der Waals surface area contributed by atoms with Crippen LogP contribution in [0, 0.1) is 0 Å². The summed E-state index contributed by atoms with van der Waals surface area (Å²) >= 11 is 0. The highest BCUT2D eigenvalue weighted by Crippen LogP contribution is 1.83. The van der Waals surface area contributed by atoms with Crippen LogP contribution in [0.1, 0.15) is 0 Å². The summed E-state index contributed by atoms with van der Waals surface area (Å²) in [5, 5.41) is 6.20. The Labute approximate surface area is 55.3 Å². The molecule has 0 amide bonds.